The average Bonchev–Trinajstić information content (AvgIpc) is 3.18. The number of benzene rings is 3. The lowest BCUT2D eigenvalue weighted by molar-refractivity contribution is -0.140. The minimum Gasteiger partial charge on any atom is -0.490 e. The van der Waals surface area contributed by atoms with Crippen LogP contribution in [-0.2, 0) is 33.3 Å². The summed E-state index contributed by atoms with van der Waals surface area (Å²) in [6.07, 6.45) is 0. The Bertz CT molecular complexity index is 2030. The van der Waals surface area contributed by atoms with Crippen LogP contribution in [0.4, 0.5) is 4.39 Å². The molecule has 0 aliphatic carbocycles. The number of hydrogen-bond acceptors (Lipinski definition) is 11. The minimum atomic E-state index is -0.772. The van der Waals surface area contributed by atoms with Gasteiger partial charge in [-0.25, -0.2) is 18.8 Å². The number of halogens is 1. The van der Waals surface area contributed by atoms with E-state index in [1.165, 1.54) is 6.92 Å². The van der Waals surface area contributed by atoms with E-state index in [1.54, 1.807) is 75.4 Å². The first-order valence-electron chi connectivity index (χ1n) is 17.7. The predicted octanol–water partition coefficient (Wildman–Crippen LogP) is 7.87. The van der Waals surface area contributed by atoms with Crippen LogP contribution >= 0.6 is 0 Å². The first-order chi connectivity index (χ1) is 27.2. The van der Waals surface area contributed by atoms with Crippen LogP contribution in [0.3, 0.4) is 0 Å². The normalized spacial score (nSPS) is 10.1. The van der Waals surface area contributed by atoms with E-state index in [0.717, 1.165) is 0 Å². The molecular formula is C45H47FO11. The van der Waals surface area contributed by atoms with Gasteiger partial charge in [0.1, 0.15) is 75.9 Å². The molecule has 0 spiro atoms. The quantitative estimate of drug-likeness (QED) is 0.0188. The third-order valence-corrected chi connectivity index (χ3v) is 7.40. The van der Waals surface area contributed by atoms with Crippen LogP contribution < -0.4 is 18.9 Å². The molecule has 0 aliphatic heterocycles. The van der Waals surface area contributed by atoms with Crippen molar-refractivity contribution in [2.24, 2.45) is 0 Å². The molecule has 0 amide bonds. The molecule has 57 heavy (non-hydrogen) atoms. The Kier molecular flexibility index (Phi) is 17.7. The van der Waals surface area contributed by atoms with Crippen LogP contribution in [-0.4, -0.2) is 70.8 Å². The minimum absolute atomic E-state index is 0.00927. The van der Waals surface area contributed by atoms with Crippen molar-refractivity contribution in [2.75, 3.05) is 52.9 Å². The largest absolute Gasteiger partial charge is 0.490 e. The van der Waals surface area contributed by atoms with Gasteiger partial charge in [-0.3, -0.25) is 0 Å². The summed E-state index contributed by atoms with van der Waals surface area (Å²) in [5.41, 5.74) is 2.61. The van der Waals surface area contributed by atoms with E-state index in [0.29, 0.717) is 39.5 Å². The van der Waals surface area contributed by atoms with E-state index < -0.39 is 23.7 Å². The number of carbonyl (C=O) groups is 3. The highest BCUT2D eigenvalue weighted by molar-refractivity contribution is 5.87. The van der Waals surface area contributed by atoms with Gasteiger partial charge in [-0.05, 0) is 75.2 Å². The summed E-state index contributed by atoms with van der Waals surface area (Å²) in [4.78, 5) is 35.2. The van der Waals surface area contributed by atoms with Crippen molar-refractivity contribution >= 4 is 17.9 Å². The molecule has 3 aromatic carbocycles. The van der Waals surface area contributed by atoms with E-state index in [4.69, 9.17) is 37.9 Å². The van der Waals surface area contributed by atoms with Crippen LogP contribution in [0.1, 0.15) is 38.8 Å². The van der Waals surface area contributed by atoms with E-state index in [-0.39, 0.29) is 86.6 Å². The van der Waals surface area contributed by atoms with Crippen molar-refractivity contribution < 1.29 is 56.7 Å². The maximum Gasteiger partial charge on any atom is 0.333 e. The number of hydrogen-bond donors (Lipinski definition) is 0. The Morgan fingerprint density at radius 1 is 0.544 bits per heavy atom. The van der Waals surface area contributed by atoms with Crippen molar-refractivity contribution in [3.05, 3.63) is 132 Å². The molecule has 0 saturated carbocycles. The van der Waals surface area contributed by atoms with Crippen LogP contribution in [0.25, 0.3) is 11.1 Å². The monoisotopic (exact) mass is 782 g/mol. The standard InChI is InChI=1S/C45H47FO11/c1-29(2)33(9)50-20-24-54-42-36(13-10-34-11-16-37(17-12-34)51-21-25-55-43(47)30(3)4)28-39(53-23-27-57-45(49)32(7)8)40(41(42)46)35-14-18-38(19-15-35)52-22-26-56-44(48)31(5)6/h11-12,14-19,28H,1,3,5,7,9,20-27H2,2,4,6,8H3. The van der Waals surface area contributed by atoms with E-state index in [2.05, 4.69) is 44.7 Å². The highest BCUT2D eigenvalue weighted by Crippen LogP contribution is 2.40. The van der Waals surface area contributed by atoms with E-state index in [1.807, 2.05) is 0 Å². The van der Waals surface area contributed by atoms with Crippen molar-refractivity contribution in [3.8, 4) is 46.0 Å². The molecule has 11 nitrogen and oxygen atoms in total. The Labute approximate surface area is 333 Å². The van der Waals surface area contributed by atoms with Gasteiger partial charge in [0.25, 0.3) is 0 Å². The lowest BCUT2D eigenvalue weighted by Crippen LogP contribution is -2.14. The van der Waals surface area contributed by atoms with Gasteiger partial charge >= 0.3 is 17.9 Å². The molecular weight excluding hydrogens is 735 g/mol. The fraction of sp³-hybridized carbons (Fsp3) is 0.267. The fourth-order valence-electron chi connectivity index (χ4n) is 4.39. The number of carbonyl (C=O) groups excluding carboxylic acids is 3. The second kappa shape index (κ2) is 22.6. The molecule has 0 atom stereocenters. The van der Waals surface area contributed by atoms with Gasteiger partial charge in [0.15, 0.2) is 11.6 Å². The predicted molar refractivity (Wildman–Crippen MR) is 213 cm³/mol. The van der Waals surface area contributed by atoms with E-state index >= 15 is 4.39 Å². The highest BCUT2D eigenvalue weighted by atomic mass is 19.1. The van der Waals surface area contributed by atoms with Crippen molar-refractivity contribution in [3.63, 3.8) is 0 Å². The summed E-state index contributed by atoms with van der Waals surface area (Å²) in [5, 5.41) is 0. The Balaban J connectivity index is 1.96. The molecule has 0 aromatic heterocycles. The Hall–Kier alpha value is -6.74. The number of allylic oxidation sites excluding steroid dienone is 1. The van der Waals surface area contributed by atoms with Gasteiger partial charge in [-0.2, -0.15) is 0 Å². The molecule has 0 fully saturated rings. The van der Waals surface area contributed by atoms with Crippen LogP contribution in [0.2, 0.25) is 0 Å². The first kappa shape index (κ1) is 44.7. The van der Waals surface area contributed by atoms with Gasteiger partial charge in [-0.15, -0.1) is 0 Å². The zero-order valence-electron chi connectivity index (χ0n) is 32.8. The highest BCUT2D eigenvalue weighted by Gasteiger charge is 2.22. The summed E-state index contributed by atoms with van der Waals surface area (Å²) in [5.74, 6) is 4.90. The van der Waals surface area contributed by atoms with Gasteiger partial charge < -0.3 is 37.9 Å². The summed E-state index contributed by atoms with van der Waals surface area (Å²) in [6.45, 7) is 24.7. The summed E-state index contributed by atoms with van der Waals surface area (Å²) >= 11 is 0. The second-order valence-corrected chi connectivity index (χ2v) is 12.4. The van der Waals surface area contributed by atoms with Crippen molar-refractivity contribution in [1.29, 1.82) is 0 Å². The zero-order chi connectivity index (χ0) is 41.9. The molecule has 0 radical (unpaired) electrons. The summed E-state index contributed by atoms with van der Waals surface area (Å²) < 4.78 is 61.1. The summed E-state index contributed by atoms with van der Waals surface area (Å²) in [7, 11) is 0. The smallest absolute Gasteiger partial charge is 0.333 e. The lowest BCUT2D eigenvalue weighted by Gasteiger charge is -2.18. The molecule has 0 bridgehead atoms. The SMILES string of the molecule is C=C(C)C(=C)OCCOc1c(C#Cc2ccc(OCCOC(=O)C(=C)C)cc2)cc(OCCOC(=O)C(=C)C)c(-c2ccc(OCCOC(=O)C(=C)C)cc2)c1F. The Morgan fingerprint density at radius 3 is 1.46 bits per heavy atom. The molecule has 12 heteroatoms. The second-order valence-electron chi connectivity index (χ2n) is 12.4. The number of ether oxygens (including phenoxy) is 8. The molecule has 3 aromatic rings. The molecule has 300 valence electrons. The third kappa shape index (κ3) is 14.8. The van der Waals surface area contributed by atoms with Crippen LogP contribution in [0.5, 0.6) is 23.0 Å². The number of esters is 3. The van der Waals surface area contributed by atoms with Crippen LogP contribution in [0.15, 0.2) is 116 Å². The van der Waals surface area contributed by atoms with Crippen molar-refractivity contribution in [1.82, 2.24) is 0 Å². The average molecular weight is 783 g/mol. The molecule has 3 rings (SSSR count). The maximum absolute atomic E-state index is 16.9. The van der Waals surface area contributed by atoms with E-state index in [9.17, 15) is 14.4 Å². The van der Waals surface area contributed by atoms with Crippen LogP contribution in [0, 0.1) is 17.7 Å². The molecule has 0 saturated heterocycles. The zero-order valence-corrected chi connectivity index (χ0v) is 32.8. The van der Waals surface area contributed by atoms with Crippen molar-refractivity contribution in [2.45, 2.75) is 27.7 Å². The fourth-order valence-corrected chi connectivity index (χ4v) is 4.39. The molecule has 0 unspecified atom stereocenters. The van der Waals surface area contributed by atoms with Gasteiger partial charge in [0.05, 0.1) is 11.1 Å². The maximum atomic E-state index is 16.9. The molecule has 0 N–H and O–H groups in total. The first-order valence-corrected chi connectivity index (χ1v) is 17.7. The molecule has 0 heterocycles. The number of rotatable bonds is 22. The van der Waals surface area contributed by atoms with Gasteiger partial charge in [0, 0.05) is 28.3 Å². The molecule has 0 aliphatic rings. The van der Waals surface area contributed by atoms with Gasteiger partial charge in [-0.1, -0.05) is 56.9 Å². The van der Waals surface area contributed by atoms with Gasteiger partial charge in [0.2, 0.25) is 0 Å². The topological polar surface area (TPSA) is 125 Å². The Morgan fingerprint density at radius 2 is 0.982 bits per heavy atom. The third-order valence-electron chi connectivity index (χ3n) is 7.40. The summed E-state index contributed by atoms with van der Waals surface area (Å²) in [6, 6.07) is 14.9. The lowest BCUT2D eigenvalue weighted by atomic mass is 10.00.